The summed E-state index contributed by atoms with van der Waals surface area (Å²) in [5.74, 6) is 1.01. The van der Waals surface area contributed by atoms with Crippen LogP contribution in [-0.4, -0.2) is 13.4 Å². The molecule has 0 amide bonds. The average Bonchev–Trinajstić information content (AvgIpc) is 2.53. The Balaban J connectivity index is 2.13. The molecule has 5 heteroatoms. The molecule has 2 rings (SSSR count). The Morgan fingerprint density at radius 2 is 2.00 bits per heavy atom. The van der Waals surface area contributed by atoms with E-state index in [-0.39, 0.29) is 6.61 Å². The van der Waals surface area contributed by atoms with Crippen molar-refractivity contribution in [2.24, 2.45) is 0 Å². The van der Waals surface area contributed by atoms with Crippen LogP contribution in [0.3, 0.4) is 0 Å². The van der Waals surface area contributed by atoms with Gasteiger partial charge in [-0.3, -0.25) is 4.79 Å². The van der Waals surface area contributed by atoms with Crippen molar-refractivity contribution >= 4 is 17.9 Å². The Kier molecular flexibility index (Phi) is 4.81. The molecular formula is C16H12ClNO3. The smallest absolute Gasteiger partial charge is 0.150 e. The highest BCUT2D eigenvalue weighted by Gasteiger charge is 2.06. The number of halogens is 1. The maximum atomic E-state index is 10.6. The highest BCUT2D eigenvalue weighted by molar-refractivity contribution is 6.32. The molecule has 0 fully saturated rings. The van der Waals surface area contributed by atoms with Gasteiger partial charge in [0.25, 0.3) is 0 Å². The van der Waals surface area contributed by atoms with Gasteiger partial charge in [-0.2, -0.15) is 5.26 Å². The first-order chi connectivity index (χ1) is 10.2. The number of hydrogen-bond acceptors (Lipinski definition) is 4. The zero-order valence-corrected chi connectivity index (χ0v) is 12.1. The lowest BCUT2D eigenvalue weighted by molar-refractivity contribution is 0.112. The van der Waals surface area contributed by atoms with Crippen LogP contribution in [-0.2, 0) is 6.61 Å². The minimum atomic E-state index is 0.263. The zero-order chi connectivity index (χ0) is 15.2. The number of carbonyl (C=O) groups is 1. The van der Waals surface area contributed by atoms with Crippen LogP contribution in [0.25, 0.3) is 0 Å². The third-order valence-corrected chi connectivity index (χ3v) is 3.17. The van der Waals surface area contributed by atoms with Gasteiger partial charge in [-0.25, -0.2) is 0 Å². The van der Waals surface area contributed by atoms with E-state index >= 15 is 0 Å². The molecule has 0 radical (unpaired) electrons. The van der Waals surface area contributed by atoms with Crippen LogP contribution in [0.2, 0.25) is 5.02 Å². The van der Waals surface area contributed by atoms with Crippen LogP contribution in [0.1, 0.15) is 21.5 Å². The molecule has 2 aromatic rings. The standard InChI is InChI=1S/C16H12ClNO3/c1-20-15-4-3-12(6-13(15)8-18)10-21-16-5-2-11(9-19)7-14(16)17/h2-7,9H,10H2,1H3. The van der Waals surface area contributed by atoms with Gasteiger partial charge < -0.3 is 9.47 Å². The fourth-order valence-electron chi connectivity index (χ4n) is 1.80. The number of rotatable bonds is 5. The second-order valence-corrected chi connectivity index (χ2v) is 4.65. The summed E-state index contributed by atoms with van der Waals surface area (Å²) in [6.45, 7) is 0.263. The summed E-state index contributed by atoms with van der Waals surface area (Å²) in [6, 6.07) is 12.1. The summed E-state index contributed by atoms with van der Waals surface area (Å²) >= 11 is 6.02. The summed E-state index contributed by atoms with van der Waals surface area (Å²) < 4.78 is 10.7. The Labute approximate surface area is 127 Å². The van der Waals surface area contributed by atoms with Crippen molar-refractivity contribution in [3.63, 3.8) is 0 Å². The lowest BCUT2D eigenvalue weighted by atomic mass is 10.1. The van der Waals surface area contributed by atoms with Gasteiger partial charge in [0.15, 0.2) is 0 Å². The molecule has 106 valence electrons. The fraction of sp³-hybridized carbons (Fsp3) is 0.125. The van der Waals surface area contributed by atoms with Crippen LogP contribution < -0.4 is 9.47 Å². The third-order valence-electron chi connectivity index (χ3n) is 2.87. The second-order valence-electron chi connectivity index (χ2n) is 4.24. The molecule has 0 atom stereocenters. The van der Waals surface area contributed by atoms with Gasteiger partial charge in [-0.1, -0.05) is 17.7 Å². The van der Waals surface area contributed by atoms with Crippen LogP contribution in [0.5, 0.6) is 11.5 Å². The summed E-state index contributed by atoms with van der Waals surface area (Å²) in [7, 11) is 1.51. The molecule has 0 bridgehead atoms. The number of aldehydes is 1. The van der Waals surface area contributed by atoms with Crippen LogP contribution >= 0.6 is 11.6 Å². The largest absolute Gasteiger partial charge is 0.495 e. The molecule has 0 aliphatic rings. The Morgan fingerprint density at radius 1 is 1.24 bits per heavy atom. The molecule has 0 saturated heterocycles. The predicted molar refractivity (Wildman–Crippen MR) is 78.9 cm³/mol. The van der Waals surface area contributed by atoms with Crippen molar-refractivity contribution in [3.05, 3.63) is 58.1 Å². The van der Waals surface area contributed by atoms with E-state index in [0.29, 0.717) is 27.6 Å². The average molecular weight is 302 g/mol. The molecule has 0 spiro atoms. The number of carbonyl (C=O) groups excluding carboxylic acids is 1. The predicted octanol–water partition coefficient (Wildman–Crippen LogP) is 3.61. The van der Waals surface area contributed by atoms with Crippen LogP contribution in [0, 0.1) is 11.3 Å². The minimum absolute atomic E-state index is 0.263. The molecule has 0 saturated carbocycles. The van der Waals surface area contributed by atoms with E-state index in [9.17, 15) is 4.79 Å². The van der Waals surface area contributed by atoms with Gasteiger partial charge in [-0.05, 0) is 35.9 Å². The molecule has 0 aliphatic carbocycles. The summed E-state index contributed by atoms with van der Waals surface area (Å²) in [4.78, 5) is 10.6. The minimum Gasteiger partial charge on any atom is -0.495 e. The van der Waals surface area contributed by atoms with Crippen molar-refractivity contribution in [2.75, 3.05) is 7.11 Å². The van der Waals surface area contributed by atoms with Crippen LogP contribution in [0.4, 0.5) is 0 Å². The Hall–Kier alpha value is -2.51. The number of nitriles is 1. The lowest BCUT2D eigenvalue weighted by Gasteiger charge is -2.10. The monoisotopic (exact) mass is 301 g/mol. The summed E-state index contributed by atoms with van der Waals surface area (Å²) in [5, 5.41) is 9.41. The van der Waals surface area contributed by atoms with Gasteiger partial charge in [-0.15, -0.1) is 0 Å². The Morgan fingerprint density at radius 3 is 2.62 bits per heavy atom. The van der Waals surface area contributed by atoms with Gasteiger partial charge in [0.2, 0.25) is 0 Å². The fourth-order valence-corrected chi connectivity index (χ4v) is 2.04. The van der Waals surface area contributed by atoms with E-state index in [1.54, 1.807) is 30.3 Å². The topological polar surface area (TPSA) is 59.3 Å². The van der Waals surface area contributed by atoms with E-state index in [4.69, 9.17) is 26.3 Å². The van der Waals surface area contributed by atoms with Crippen molar-refractivity contribution in [1.29, 1.82) is 5.26 Å². The summed E-state index contributed by atoms with van der Waals surface area (Å²) in [6.07, 6.45) is 0.721. The number of hydrogen-bond donors (Lipinski definition) is 0. The van der Waals surface area contributed by atoms with Crippen molar-refractivity contribution in [2.45, 2.75) is 6.61 Å². The normalized spacial score (nSPS) is 9.76. The van der Waals surface area contributed by atoms with E-state index in [1.165, 1.54) is 7.11 Å². The molecule has 2 aromatic carbocycles. The molecule has 0 aliphatic heterocycles. The molecule has 0 unspecified atom stereocenters. The number of methoxy groups -OCH3 is 1. The van der Waals surface area contributed by atoms with Gasteiger partial charge in [0.1, 0.15) is 30.5 Å². The highest BCUT2D eigenvalue weighted by atomic mass is 35.5. The van der Waals surface area contributed by atoms with Crippen molar-refractivity contribution in [3.8, 4) is 17.6 Å². The van der Waals surface area contributed by atoms with E-state index in [2.05, 4.69) is 6.07 Å². The number of ether oxygens (including phenoxy) is 2. The molecule has 0 N–H and O–H groups in total. The van der Waals surface area contributed by atoms with Gasteiger partial charge in [0, 0.05) is 5.56 Å². The maximum Gasteiger partial charge on any atom is 0.150 e. The summed E-state index contributed by atoms with van der Waals surface area (Å²) in [5.41, 5.74) is 1.76. The number of benzene rings is 2. The maximum absolute atomic E-state index is 10.6. The first-order valence-corrected chi connectivity index (χ1v) is 6.50. The van der Waals surface area contributed by atoms with E-state index in [0.717, 1.165) is 11.8 Å². The van der Waals surface area contributed by atoms with Gasteiger partial charge >= 0.3 is 0 Å². The molecule has 4 nitrogen and oxygen atoms in total. The van der Waals surface area contributed by atoms with E-state index in [1.807, 2.05) is 6.07 Å². The first kappa shape index (κ1) is 14.9. The quantitative estimate of drug-likeness (QED) is 0.792. The lowest BCUT2D eigenvalue weighted by Crippen LogP contribution is -1.98. The van der Waals surface area contributed by atoms with Crippen LogP contribution in [0.15, 0.2) is 36.4 Å². The molecule has 0 aromatic heterocycles. The first-order valence-electron chi connectivity index (χ1n) is 6.12. The SMILES string of the molecule is COc1ccc(COc2ccc(C=O)cc2Cl)cc1C#N. The second kappa shape index (κ2) is 6.78. The van der Waals surface area contributed by atoms with E-state index < -0.39 is 0 Å². The van der Waals surface area contributed by atoms with Crippen molar-refractivity contribution in [1.82, 2.24) is 0 Å². The third kappa shape index (κ3) is 3.53. The number of nitrogens with zero attached hydrogens (tertiary/aromatic N) is 1. The molecular weight excluding hydrogens is 290 g/mol. The molecule has 21 heavy (non-hydrogen) atoms. The van der Waals surface area contributed by atoms with Gasteiger partial charge in [0.05, 0.1) is 17.7 Å². The molecule has 0 heterocycles. The zero-order valence-electron chi connectivity index (χ0n) is 11.3. The Bertz CT molecular complexity index is 707. The van der Waals surface area contributed by atoms with Crippen molar-refractivity contribution < 1.29 is 14.3 Å². The highest BCUT2D eigenvalue weighted by Crippen LogP contribution is 2.26.